The first-order valence-electron chi connectivity index (χ1n) is 7.79. The zero-order chi connectivity index (χ0) is 16.3. The second-order valence-corrected chi connectivity index (χ2v) is 13.4. The minimum absolute atomic E-state index is 0.0850. The third-order valence-corrected chi connectivity index (χ3v) is 5.79. The third kappa shape index (κ3) is 5.25. The Morgan fingerprint density at radius 1 is 1.43 bits per heavy atom. The van der Waals surface area contributed by atoms with Gasteiger partial charge < -0.3 is 9.47 Å². The highest BCUT2D eigenvalue weighted by Crippen LogP contribution is 2.41. The molecule has 0 aliphatic carbocycles. The van der Waals surface area contributed by atoms with Gasteiger partial charge in [-0.25, -0.2) is 0 Å². The van der Waals surface area contributed by atoms with Gasteiger partial charge in [-0.2, -0.15) is 0 Å². The highest BCUT2D eigenvalue weighted by molar-refractivity contribution is 6.76. The molecule has 0 unspecified atom stereocenters. The summed E-state index contributed by atoms with van der Waals surface area (Å²) < 4.78 is 11.7. The number of hydrogen-bond acceptors (Lipinski definition) is 3. The molecule has 0 aromatic heterocycles. The van der Waals surface area contributed by atoms with Crippen molar-refractivity contribution in [2.45, 2.75) is 77.6 Å². The van der Waals surface area contributed by atoms with Gasteiger partial charge in [0.15, 0.2) is 5.79 Å². The van der Waals surface area contributed by atoms with Gasteiger partial charge in [0, 0.05) is 20.9 Å². The maximum atomic E-state index is 12.8. The summed E-state index contributed by atoms with van der Waals surface area (Å²) in [7, 11) is -1.42. The van der Waals surface area contributed by atoms with Gasteiger partial charge in [0.1, 0.15) is 5.78 Å². The Morgan fingerprint density at radius 2 is 2.05 bits per heavy atom. The van der Waals surface area contributed by atoms with Gasteiger partial charge in [0.25, 0.3) is 0 Å². The van der Waals surface area contributed by atoms with Crippen LogP contribution in [0.3, 0.4) is 0 Å². The first-order valence-corrected chi connectivity index (χ1v) is 11.5. The molecule has 120 valence electrons. The number of carbonyl (C=O) groups is 1. The van der Waals surface area contributed by atoms with Crippen LogP contribution in [0.5, 0.6) is 0 Å². The predicted octanol–water partition coefficient (Wildman–Crippen LogP) is 3.86. The normalized spacial score (nSPS) is 24.9. The summed E-state index contributed by atoms with van der Waals surface area (Å²) in [4.78, 5) is 12.8. The summed E-state index contributed by atoms with van der Waals surface area (Å²) >= 11 is 0. The average molecular weight is 311 g/mol. The molecule has 0 amide bonds. The molecule has 1 saturated heterocycles. The van der Waals surface area contributed by atoms with Gasteiger partial charge in [-0.05, 0) is 26.3 Å². The molecule has 4 heteroatoms. The van der Waals surface area contributed by atoms with Crippen LogP contribution in [-0.2, 0) is 14.3 Å². The Morgan fingerprint density at radius 3 is 2.52 bits per heavy atom. The summed E-state index contributed by atoms with van der Waals surface area (Å²) in [6.45, 7) is 13.4. The average Bonchev–Trinajstić information content (AvgIpc) is 2.32. The molecule has 0 aromatic rings. The molecule has 0 bridgehead atoms. The first-order chi connectivity index (χ1) is 9.50. The van der Waals surface area contributed by atoms with Crippen molar-refractivity contribution in [1.29, 1.82) is 0 Å². The summed E-state index contributed by atoms with van der Waals surface area (Å²) in [6.07, 6.45) is 6.96. The van der Waals surface area contributed by atoms with Crippen molar-refractivity contribution in [3.63, 3.8) is 0 Å². The van der Waals surface area contributed by atoms with E-state index in [-0.39, 0.29) is 11.9 Å². The van der Waals surface area contributed by atoms with Crippen LogP contribution in [0.1, 0.15) is 40.0 Å². The van der Waals surface area contributed by atoms with Crippen LogP contribution < -0.4 is 0 Å². The van der Waals surface area contributed by atoms with Crippen molar-refractivity contribution in [3.8, 4) is 12.3 Å². The lowest BCUT2D eigenvalue weighted by Gasteiger charge is -2.46. The Balaban J connectivity index is 3.01. The second-order valence-electron chi connectivity index (χ2n) is 7.93. The summed E-state index contributed by atoms with van der Waals surface area (Å²) in [5, 5.41) is 0. The largest absolute Gasteiger partial charge is 0.350 e. The molecule has 1 rings (SSSR count). The highest BCUT2D eigenvalue weighted by Gasteiger charge is 2.47. The van der Waals surface area contributed by atoms with E-state index in [9.17, 15) is 4.79 Å². The van der Waals surface area contributed by atoms with E-state index in [0.29, 0.717) is 19.4 Å². The molecule has 21 heavy (non-hydrogen) atoms. The highest BCUT2D eigenvalue weighted by atomic mass is 28.3. The van der Waals surface area contributed by atoms with E-state index in [1.807, 2.05) is 13.8 Å². The molecule has 0 radical (unpaired) electrons. The van der Waals surface area contributed by atoms with E-state index in [0.717, 1.165) is 12.5 Å². The fourth-order valence-electron chi connectivity index (χ4n) is 3.26. The zero-order valence-electron chi connectivity index (χ0n) is 14.4. The molecule has 0 spiro atoms. The van der Waals surface area contributed by atoms with E-state index >= 15 is 0 Å². The number of Topliss-reactive ketones (excluding diaryl/α,β-unsaturated/α-hetero) is 1. The lowest BCUT2D eigenvalue weighted by Crippen LogP contribution is -2.52. The third-order valence-electron chi connectivity index (χ3n) is 4.00. The van der Waals surface area contributed by atoms with Crippen LogP contribution in [0.4, 0.5) is 0 Å². The second kappa shape index (κ2) is 6.64. The van der Waals surface area contributed by atoms with Crippen molar-refractivity contribution in [1.82, 2.24) is 0 Å². The van der Waals surface area contributed by atoms with E-state index in [1.54, 1.807) is 0 Å². The minimum Gasteiger partial charge on any atom is -0.350 e. The maximum absolute atomic E-state index is 12.8. The smallest absolute Gasteiger partial charge is 0.163 e. The molecule has 1 aliphatic heterocycles. The summed E-state index contributed by atoms with van der Waals surface area (Å²) in [5.74, 6) is 2.20. The van der Waals surface area contributed by atoms with E-state index < -0.39 is 19.3 Å². The van der Waals surface area contributed by atoms with Gasteiger partial charge >= 0.3 is 0 Å². The van der Waals surface area contributed by atoms with E-state index in [1.165, 1.54) is 0 Å². The lowest BCUT2D eigenvalue weighted by atomic mass is 9.78. The number of terminal acetylenes is 1. The predicted molar refractivity (Wildman–Crippen MR) is 88.9 cm³/mol. The zero-order valence-corrected chi connectivity index (χ0v) is 15.4. The van der Waals surface area contributed by atoms with Crippen molar-refractivity contribution in [2.24, 2.45) is 5.41 Å². The van der Waals surface area contributed by atoms with E-state index in [4.69, 9.17) is 15.9 Å². The van der Waals surface area contributed by atoms with Crippen molar-refractivity contribution in [3.05, 3.63) is 0 Å². The monoisotopic (exact) mass is 310 g/mol. The number of ether oxygens (including phenoxy) is 2. The standard InChI is InChI=1S/C17H30O3Si/c1-8-9-10-14(18)17(4,13-21(5,6)7)15-11-12-19-16(2,3)20-15/h1,15H,9-13H2,2-7H3/t15-,17+/m0/s1. The Labute approximate surface area is 130 Å². The topological polar surface area (TPSA) is 35.5 Å². The molecule has 1 aliphatic rings. The SMILES string of the molecule is C#CCCC(=O)[C@@](C)(C[Si](C)(C)C)[C@@H]1CCOC(C)(C)O1. The van der Waals surface area contributed by atoms with Crippen LogP contribution in [-0.4, -0.2) is 32.4 Å². The van der Waals surface area contributed by atoms with Crippen LogP contribution >= 0.6 is 0 Å². The number of rotatable bonds is 6. The fraction of sp³-hybridized carbons (Fsp3) is 0.824. The Bertz CT molecular complexity index is 417. The van der Waals surface area contributed by atoms with Gasteiger partial charge in [0.05, 0.1) is 18.1 Å². The molecular formula is C17H30O3Si. The van der Waals surface area contributed by atoms with Gasteiger partial charge in [-0.1, -0.05) is 26.6 Å². The Kier molecular flexibility index (Phi) is 5.82. The number of ketones is 1. The van der Waals surface area contributed by atoms with Crippen molar-refractivity contribution >= 4 is 13.9 Å². The number of hydrogen-bond donors (Lipinski definition) is 0. The van der Waals surface area contributed by atoms with Crippen LogP contribution in [0.25, 0.3) is 0 Å². The van der Waals surface area contributed by atoms with Crippen molar-refractivity contribution < 1.29 is 14.3 Å². The fourth-order valence-corrected chi connectivity index (χ4v) is 5.89. The van der Waals surface area contributed by atoms with Crippen molar-refractivity contribution in [2.75, 3.05) is 6.61 Å². The molecule has 2 atom stereocenters. The molecule has 1 heterocycles. The first kappa shape index (κ1) is 18.4. The maximum Gasteiger partial charge on any atom is 0.163 e. The van der Waals surface area contributed by atoms with Gasteiger partial charge in [0.2, 0.25) is 0 Å². The van der Waals surface area contributed by atoms with Gasteiger partial charge in [-0.15, -0.1) is 12.3 Å². The van der Waals surface area contributed by atoms with Crippen LogP contribution in [0.15, 0.2) is 0 Å². The molecular weight excluding hydrogens is 280 g/mol. The van der Waals surface area contributed by atoms with Crippen LogP contribution in [0, 0.1) is 17.8 Å². The van der Waals surface area contributed by atoms with Gasteiger partial charge in [-0.3, -0.25) is 4.79 Å². The van der Waals surface area contributed by atoms with Crippen LogP contribution in [0.2, 0.25) is 25.7 Å². The molecule has 1 fully saturated rings. The summed E-state index contributed by atoms with van der Waals surface area (Å²) in [5.41, 5.74) is -0.456. The molecule has 0 aromatic carbocycles. The minimum atomic E-state index is -1.42. The van der Waals surface area contributed by atoms with E-state index in [2.05, 4.69) is 32.5 Å². The summed E-state index contributed by atoms with van der Waals surface area (Å²) in [6, 6.07) is 0.921. The molecule has 0 N–H and O–H groups in total. The Hall–Kier alpha value is -0.633. The number of carbonyl (C=O) groups excluding carboxylic acids is 1. The molecule has 3 nitrogen and oxygen atoms in total. The lowest BCUT2D eigenvalue weighted by molar-refractivity contribution is -0.288. The molecule has 0 saturated carbocycles. The quantitative estimate of drug-likeness (QED) is 0.552.